The zero-order chi connectivity index (χ0) is 13.8. The molecule has 1 aromatic heterocycles. The normalized spacial score (nSPS) is 10.5. The number of anilines is 1. The first kappa shape index (κ1) is 17.8. The van der Waals surface area contributed by atoms with E-state index in [-0.39, 0.29) is 30.7 Å². The number of esters is 1. The van der Waals surface area contributed by atoms with E-state index in [1.165, 1.54) is 11.3 Å². The maximum absolute atomic E-state index is 11.6. The Kier molecular flexibility index (Phi) is 6.96. The Hall–Kier alpha value is -1.18. The van der Waals surface area contributed by atoms with Crippen molar-refractivity contribution in [3.05, 3.63) is 11.1 Å². The van der Waals surface area contributed by atoms with Gasteiger partial charge in [-0.3, -0.25) is 9.59 Å². The molecule has 3 N–H and O–H groups in total. The number of carbonyl (C=O) groups excluding carboxylic acids is 2. The molecule has 0 unspecified atom stereocenters. The molecule has 0 aliphatic carbocycles. The van der Waals surface area contributed by atoms with E-state index in [1.807, 2.05) is 0 Å². The Balaban J connectivity index is 0.00000324. The van der Waals surface area contributed by atoms with Crippen molar-refractivity contribution in [2.75, 3.05) is 11.9 Å². The Bertz CT molecular complexity index is 443. The van der Waals surface area contributed by atoms with Crippen molar-refractivity contribution in [3.63, 3.8) is 0 Å². The summed E-state index contributed by atoms with van der Waals surface area (Å²) in [6, 6.07) is 0. The van der Waals surface area contributed by atoms with Gasteiger partial charge < -0.3 is 15.8 Å². The number of hydrogen-bond acceptors (Lipinski definition) is 6. The monoisotopic (exact) mass is 307 g/mol. The van der Waals surface area contributed by atoms with E-state index < -0.39 is 5.54 Å². The number of amides is 1. The highest BCUT2D eigenvalue weighted by Gasteiger charge is 2.22. The first-order valence-electron chi connectivity index (χ1n) is 5.53. The lowest BCUT2D eigenvalue weighted by Crippen LogP contribution is -2.45. The van der Waals surface area contributed by atoms with Gasteiger partial charge in [0, 0.05) is 5.38 Å². The molecule has 0 saturated heterocycles. The predicted molar refractivity (Wildman–Crippen MR) is 76.6 cm³/mol. The first-order valence-corrected chi connectivity index (χ1v) is 6.41. The summed E-state index contributed by atoms with van der Waals surface area (Å²) in [5, 5.41) is 4.73. The fraction of sp³-hybridized carbons (Fsp3) is 0.545. The SMILES string of the molecule is CCOC(=O)Cc1csc(NC(=O)C(C)(C)N)n1.Cl. The summed E-state index contributed by atoms with van der Waals surface area (Å²) >= 11 is 1.25. The van der Waals surface area contributed by atoms with Gasteiger partial charge >= 0.3 is 5.97 Å². The van der Waals surface area contributed by atoms with Crippen LogP contribution >= 0.6 is 23.7 Å². The molecular weight excluding hydrogens is 290 g/mol. The summed E-state index contributed by atoms with van der Waals surface area (Å²) in [6.45, 7) is 5.30. The molecule has 0 aliphatic rings. The minimum atomic E-state index is -0.965. The summed E-state index contributed by atoms with van der Waals surface area (Å²) in [5.41, 5.74) is 5.25. The van der Waals surface area contributed by atoms with Gasteiger partial charge in [-0.2, -0.15) is 0 Å². The number of halogens is 1. The number of nitrogens with zero attached hydrogens (tertiary/aromatic N) is 1. The number of ether oxygens (including phenoxy) is 1. The standard InChI is InChI=1S/C11H17N3O3S.ClH/c1-4-17-8(15)5-7-6-18-10(13-7)14-9(16)11(2,3)12;/h6H,4-5,12H2,1-3H3,(H,13,14,16);1H. The zero-order valence-corrected chi connectivity index (χ0v) is 12.7. The van der Waals surface area contributed by atoms with Crippen molar-refractivity contribution in [2.24, 2.45) is 5.73 Å². The molecule has 0 radical (unpaired) electrons. The number of aromatic nitrogens is 1. The molecule has 1 aromatic rings. The number of carbonyl (C=O) groups is 2. The molecule has 1 amide bonds. The summed E-state index contributed by atoms with van der Waals surface area (Å²) in [5.74, 6) is -0.653. The highest BCUT2D eigenvalue weighted by molar-refractivity contribution is 7.13. The predicted octanol–water partition coefficient (Wildman–Crippen LogP) is 1.35. The van der Waals surface area contributed by atoms with Gasteiger partial charge in [0.2, 0.25) is 5.91 Å². The quantitative estimate of drug-likeness (QED) is 0.801. The molecule has 19 heavy (non-hydrogen) atoms. The summed E-state index contributed by atoms with van der Waals surface area (Å²) in [6.07, 6.45) is 0.103. The first-order chi connectivity index (χ1) is 8.32. The second kappa shape index (κ2) is 7.42. The lowest BCUT2D eigenvalue weighted by Gasteiger charge is -2.16. The largest absolute Gasteiger partial charge is 0.466 e. The third kappa shape index (κ3) is 6.00. The van der Waals surface area contributed by atoms with Crippen LogP contribution < -0.4 is 11.1 Å². The zero-order valence-electron chi connectivity index (χ0n) is 11.1. The van der Waals surface area contributed by atoms with Crippen LogP contribution in [0.5, 0.6) is 0 Å². The third-order valence-corrected chi connectivity index (χ3v) is 2.79. The second-order valence-corrected chi connectivity index (χ2v) is 5.16. The fourth-order valence-corrected chi connectivity index (χ4v) is 1.77. The second-order valence-electron chi connectivity index (χ2n) is 4.30. The van der Waals surface area contributed by atoms with Crippen LogP contribution in [0.25, 0.3) is 0 Å². The van der Waals surface area contributed by atoms with Gasteiger partial charge in [0.05, 0.1) is 24.3 Å². The molecule has 0 saturated carbocycles. The van der Waals surface area contributed by atoms with Crippen molar-refractivity contribution in [3.8, 4) is 0 Å². The molecule has 0 bridgehead atoms. The molecular formula is C11H18ClN3O3S. The molecule has 0 fully saturated rings. The summed E-state index contributed by atoms with van der Waals surface area (Å²) < 4.78 is 4.81. The molecule has 6 nitrogen and oxygen atoms in total. The number of hydrogen-bond donors (Lipinski definition) is 2. The van der Waals surface area contributed by atoms with E-state index in [9.17, 15) is 9.59 Å². The Morgan fingerprint density at radius 1 is 1.53 bits per heavy atom. The summed E-state index contributed by atoms with van der Waals surface area (Å²) in [4.78, 5) is 27.0. The minimum absolute atomic E-state index is 0. The van der Waals surface area contributed by atoms with Crippen molar-refractivity contribution in [2.45, 2.75) is 32.7 Å². The molecule has 0 aromatic carbocycles. The van der Waals surface area contributed by atoms with E-state index >= 15 is 0 Å². The van der Waals surface area contributed by atoms with Crippen LogP contribution in [0.4, 0.5) is 5.13 Å². The minimum Gasteiger partial charge on any atom is -0.466 e. The van der Waals surface area contributed by atoms with E-state index in [2.05, 4.69) is 10.3 Å². The molecule has 0 spiro atoms. The lowest BCUT2D eigenvalue weighted by molar-refractivity contribution is -0.142. The van der Waals surface area contributed by atoms with Gasteiger partial charge in [0.25, 0.3) is 0 Å². The van der Waals surface area contributed by atoms with Crippen LogP contribution in [0, 0.1) is 0 Å². The van der Waals surface area contributed by atoms with Gasteiger partial charge in [-0.25, -0.2) is 4.98 Å². The lowest BCUT2D eigenvalue weighted by atomic mass is 10.1. The Labute approximate surface area is 122 Å². The number of nitrogens with one attached hydrogen (secondary N) is 1. The highest BCUT2D eigenvalue weighted by Crippen LogP contribution is 2.17. The summed E-state index contributed by atoms with van der Waals surface area (Å²) in [7, 11) is 0. The van der Waals surface area contributed by atoms with Gasteiger partial charge in [0.15, 0.2) is 5.13 Å². The van der Waals surface area contributed by atoms with Crippen molar-refractivity contribution >= 4 is 40.8 Å². The number of thiazole rings is 1. The van der Waals surface area contributed by atoms with Crippen LogP contribution in [0.2, 0.25) is 0 Å². The maximum Gasteiger partial charge on any atom is 0.311 e. The average Bonchev–Trinajstić information content (AvgIpc) is 2.64. The average molecular weight is 308 g/mol. The number of rotatable bonds is 5. The molecule has 8 heteroatoms. The van der Waals surface area contributed by atoms with Crippen LogP contribution in [0.1, 0.15) is 26.5 Å². The smallest absolute Gasteiger partial charge is 0.311 e. The van der Waals surface area contributed by atoms with Crippen molar-refractivity contribution < 1.29 is 14.3 Å². The van der Waals surface area contributed by atoms with Crippen LogP contribution in [0.3, 0.4) is 0 Å². The van der Waals surface area contributed by atoms with Crippen molar-refractivity contribution in [1.29, 1.82) is 0 Å². The van der Waals surface area contributed by atoms with Crippen LogP contribution in [-0.4, -0.2) is 29.0 Å². The third-order valence-electron chi connectivity index (χ3n) is 1.99. The Morgan fingerprint density at radius 2 is 2.16 bits per heavy atom. The van der Waals surface area contributed by atoms with Gasteiger partial charge in [-0.1, -0.05) is 0 Å². The van der Waals surface area contributed by atoms with Gasteiger partial charge in [-0.15, -0.1) is 23.7 Å². The molecule has 1 heterocycles. The van der Waals surface area contributed by atoms with Crippen molar-refractivity contribution in [1.82, 2.24) is 4.98 Å². The van der Waals surface area contributed by atoms with E-state index in [0.29, 0.717) is 17.4 Å². The molecule has 0 atom stereocenters. The Morgan fingerprint density at radius 3 is 2.68 bits per heavy atom. The maximum atomic E-state index is 11.6. The number of nitrogens with two attached hydrogens (primary N) is 1. The molecule has 0 aliphatic heterocycles. The van der Waals surface area contributed by atoms with Gasteiger partial charge in [-0.05, 0) is 20.8 Å². The van der Waals surface area contributed by atoms with Crippen LogP contribution in [-0.2, 0) is 20.7 Å². The van der Waals surface area contributed by atoms with E-state index in [1.54, 1.807) is 26.2 Å². The fourth-order valence-electron chi connectivity index (χ4n) is 1.06. The van der Waals surface area contributed by atoms with E-state index in [0.717, 1.165) is 0 Å². The highest BCUT2D eigenvalue weighted by atomic mass is 35.5. The molecule has 1 rings (SSSR count). The van der Waals surface area contributed by atoms with Gasteiger partial charge in [0.1, 0.15) is 0 Å². The molecule has 108 valence electrons. The topological polar surface area (TPSA) is 94.3 Å². The van der Waals surface area contributed by atoms with Crippen LogP contribution in [0.15, 0.2) is 5.38 Å². The van der Waals surface area contributed by atoms with E-state index in [4.69, 9.17) is 10.5 Å².